The number of hydrogen-bond acceptors (Lipinski definition) is 2. The summed E-state index contributed by atoms with van der Waals surface area (Å²) in [5.41, 5.74) is 4.87. The minimum absolute atomic E-state index is 0.250. The smallest absolute Gasteiger partial charge is 0.177 e. The number of benzene rings is 4. The average molecular weight is 402 g/mol. The van der Waals surface area contributed by atoms with Gasteiger partial charge in [0.15, 0.2) is 5.72 Å². The zero-order valence-corrected chi connectivity index (χ0v) is 17.4. The molecule has 2 nitrogen and oxygen atoms in total. The van der Waals surface area contributed by atoms with E-state index in [1.54, 1.807) is 0 Å². The van der Waals surface area contributed by atoms with Crippen molar-refractivity contribution in [1.29, 1.82) is 0 Å². The van der Waals surface area contributed by atoms with E-state index in [4.69, 9.17) is 4.74 Å². The van der Waals surface area contributed by atoms with E-state index in [0.717, 1.165) is 0 Å². The third kappa shape index (κ3) is 1.76. The second kappa shape index (κ2) is 5.73. The highest BCUT2D eigenvalue weighted by atomic mass is 16.6. The van der Waals surface area contributed by atoms with Crippen LogP contribution >= 0.6 is 0 Å². The topological polar surface area (TPSA) is 12.2 Å². The van der Waals surface area contributed by atoms with Crippen LogP contribution in [0.2, 0.25) is 0 Å². The lowest BCUT2D eigenvalue weighted by atomic mass is 9.69. The fourth-order valence-corrected chi connectivity index (χ4v) is 6.69. The summed E-state index contributed by atoms with van der Waals surface area (Å²) in [7, 11) is 0. The van der Waals surface area contributed by atoms with Gasteiger partial charge in [-0.15, -0.1) is 0 Å². The van der Waals surface area contributed by atoms with E-state index < -0.39 is 11.3 Å². The standard InChI is InChI=1S/C29H23NO/c1-21-27(22-13-5-2-6-14-22)28(23-15-7-3-8-16-23)25-19-11-12-20-26(25)29(31-28,30(21)27)24-17-9-4-10-18-24/h2-21H,1H3/t21-,27+,28+,29+,30?/m1/s1. The Balaban J connectivity index is 1.63. The fraction of sp³-hybridized carbons (Fsp3) is 0.172. The van der Waals surface area contributed by atoms with Gasteiger partial charge in [-0.3, -0.25) is 0 Å². The van der Waals surface area contributed by atoms with Gasteiger partial charge in [-0.25, -0.2) is 4.90 Å². The predicted molar refractivity (Wildman–Crippen MR) is 121 cm³/mol. The lowest BCUT2D eigenvalue weighted by Crippen LogP contribution is -2.42. The van der Waals surface area contributed by atoms with Crippen molar-refractivity contribution < 1.29 is 4.74 Å². The molecule has 0 spiro atoms. The number of rotatable bonds is 3. The van der Waals surface area contributed by atoms with Crippen molar-refractivity contribution in [2.45, 2.75) is 29.8 Å². The zero-order chi connectivity index (χ0) is 20.7. The Kier molecular flexibility index (Phi) is 3.23. The van der Waals surface area contributed by atoms with Gasteiger partial charge in [0, 0.05) is 17.2 Å². The van der Waals surface area contributed by atoms with Crippen molar-refractivity contribution in [2.24, 2.45) is 0 Å². The second-order valence-electron chi connectivity index (χ2n) is 8.88. The number of nitrogens with zero attached hydrogens (tertiary/aromatic N) is 1. The Hall–Kier alpha value is -3.20. The highest BCUT2D eigenvalue weighted by Crippen LogP contribution is 2.80. The van der Waals surface area contributed by atoms with E-state index in [1.807, 2.05) is 0 Å². The molecule has 2 bridgehead atoms. The molecule has 1 unspecified atom stereocenters. The first-order valence-electron chi connectivity index (χ1n) is 11.0. The molecule has 4 aromatic carbocycles. The molecule has 150 valence electrons. The van der Waals surface area contributed by atoms with Gasteiger partial charge in [-0.2, -0.15) is 0 Å². The summed E-state index contributed by atoms with van der Waals surface area (Å²) in [5, 5.41) is 0. The SMILES string of the molecule is C[C@H]1N2[C@@]3(c4ccccc4)O[C@@](c4ccccc4)(c4ccccc43)[C@@]12c1ccccc1. The van der Waals surface area contributed by atoms with Crippen LogP contribution in [0.25, 0.3) is 0 Å². The molecule has 0 amide bonds. The molecule has 0 radical (unpaired) electrons. The minimum Gasteiger partial charge on any atom is -0.333 e. The Morgan fingerprint density at radius 3 is 1.68 bits per heavy atom. The van der Waals surface area contributed by atoms with Crippen LogP contribution in [0.15, 0.2) is 115 Å². The van der Waals surface area contributed by atoms with Gasteiger partial charge in [0.1, 0.15) is 11.1 Å². The van der Waals surface area contributed by atoms with Crippen molar-refractivity contribution in [3.05, 3.63) is 143 Å². The molecule has 4 aromatic rings. The average Bonchev–Trinajstić information content (AvgIpc) is 3.24. The first-order valence-corrected chi connectivity index (χ1v) is 11.0. The largest absolute Gasteiger partial charge is 0.333 e. The Morgan fingerprint density at radius 1 is 0.581 bits per heavy atom. The molecule has 0 saturated carbocycles. The van der Waals surface area contributed by atoms with Gasteiger partial charge in [0.05, 0.1) is 0 Å². The van der Waals surface area contributed by atoms with Crippen LogP contribution in [-0.4, -0.2) is 10.9 Å². The molecule has 3 aliphatic heterocycles. The first-order chi connectivity index (χ1) is 15.3. The molecule has 2 fully saturated rings. The van der Waals surface area contributed by atoms with E-state index in [1.165, 1.54) is 27.8 Å². The Labute approximate surface area is 182 Å². The van der Waals surface area contributed by atoms with Gasteiger partial charge in [0.2, 0.25) is 0 Å². The molecular weight excluding hydrogens is 378 g/mol. The molecule has 0 N–H and O–H groups in total. The first kappa shape index (κ1) is 17.5. The van der Waals surface area contributed by atoms with E-state index >= 15 is 0 Å². The summed E-state index contributed by atoms with van der Waals surface area (Å²) in [5.74, 6) is 0. The number of hydrogen-bond donors (Lipinski definition) is 0. The van der Waals surface area contributed by atoms with Crippen LogP contribution in [0.5, 0.6) is 0 Å². The van der Waals surface area contributed by atoms with Crippen molar-refractivity contribution >= 4 is 0 Å². The predicted octanol–water partition coefficient (Wildman–Crippen LogP) is 5.77. The number of fused-ring (bicyclic) bond motifs is 8. The Bertz CT molecular complexity index is 1290. The zero-order valence-electron chi connectivity index (χ0n) is 17.4. The van der Waals surface area contributed by atoms with Gasteiger partial charge < -0.3 is 4.74 Å². The fourth-order valence-electron chi connectivity index (χ4n) is 6.69. The van der Waals surface area contributed by atoms with Crippen molar-refractivity contribution in [3.63, 3.8) is 0 Å². The van der Waals surface area contributed by atoms with Gasteiger partial charge in [-0.1, -0.05) is 115 Å². The van der Waals surface area contributed by atoms with E-state index in [0.29, 0.717) is 6.04 Å². The molecule has 3 aliphatic rings. The molecule has 3 heterocycles. The highest BCUT2D eigenvalue weighted by molar-refractivity contribution is 5.65. The summed E-state index contributed by atoms with van der Waals surface area (Å²) >= 11 is 0. The van der Waals surface area contributed by atoms with Crippen molar-refractivity contribution in [2.75, 3.05) is 0 Å². The second-order valence-corrected chi connectivity index (χ2v) is 8.88. The maximum Gasteiger partial charge on any atom is 0.177 e. The normalized spacial score (nSPS) is 34.2. The maximum absolute atomic E-state index is 7.41. The van der Waals surface area contributed by atoms with Crippen LogP contribution in [0, 0.1) is 0 Å². The van der Waals surface area contributed by atoms with Crippen molar-refractivity contribution in [1.82, 2.24) is 4.90 Å². The third-order valence-electron chi connectivity index (χ3n) is 7.71. The van der Waals surface area contributed by atoms with Crippen LogP contribution in [-0.2, 0) is 21.6 Å². The molecule has 0 aliphatic carbocycles. The van der Waals surface area contributed by atoms with E-state index in [-0.39, 0.29) is 5.54 Å². The van der Waals surface area contributed by atoms with Crippen LogP contribution in [0.1, 0.15) is 34.7 Å². The summed E-state index contributed by atoms with van der Waals surface area (Å²) in [6, 6.07) is 41.7. The molecule has 2 heteroatoms. The van der Waals surface area contributed by atoms with Crippen LogP contribution in [0.3, 0.4) is 0 Å². The summed E-state index contributed by atoms with van der Waals surface area (Å²) < 4.78 is 7.41. The quantitative estimate of drug-likeness (QED) is 0.404. The summed E-state index contributed by atoms with van der Waals surface area (Å²) in [4.78, 5) is 2.61. The van der Waals surface area contributed by atoms with Gasteiger partial charge in [0.25, 0.3) is 0 Å². The lowest BCUT2D eigenvalue weighted by molar-refractivity contribution is -0.0999. The molecule has 7 rings (SSSR count). The Morgan fingerprint density at radius 2 is 1.06 bits per heavy atom. The molecular formula is C29H23NO. The maximum atomic E-state index is 7.41. The lowest BCUT2D eigenvalue weighted by Gasteiger charge is -2.37. The third-order valence-corrected chi connectivity index (χ3v) is 7.71. The highest BCUT2D eigenvalue weighted by Gasteiger charge is 2.89. The molecule has 5 atom stereocenters. The number of ether oxygens (including phenoxy) is 1. The summed E-state index contributed by atoms with van der Waals surface area (Å²) in [6.45, 7) is 2.36. The van der Waals surface area contributed by atoms with E-state index in [2.05, 4.69) is 127 Å². The van der Waals surface area contributed by atoms with Gasteiger partial charge in [-0.05, 0) is 23.6 Å². The minimum atomic E-state index is -0.594. The van der Waals surface area contributed by atoms with Crippen molar-refractivity contribution in [3.8, 4) is 0 Å². The van der Waals surface area contributed by atoms with Crippen LogP contribution < -0.4 is 0 Å². The molecule has 0 aromatic heterocycles. The summed E-state index contributed by atoms with van der Waals surface area (Å²) in [6.07, 6.45) is 0. The molecule has 31 heavy (non-hydrogen) atoms. The van der Waals surface area contributed by atoms with Gasteiger partial charge >= 0.3 is 0 Å². The monoisotopic (exact) mass is 401 g/mol. The molecule has 2 saturated heterocycles. The van der Waals surface area contributed by atoms with Crippen LogP contribution in [0.4, 0.5) is 0 Å². The van der Waals surface area contributed by atoms with E-state index in [9.17, 15) is 0 Å².